The number of aromatic nitrogens is 1. The first-order valence-electron chi connectivity index (χ1n) is 7.27. The topological polar surface area (TPSA) is 97.4 Å². The van der Waals surface area contributed by atoms with Gasteiger partial charge in [0.2, 0.25) is 0 Å². The molecule has 1 amide bonds. The zero-order valence-electron chi connectivity index (χ0n) is 12.3. The van der Waals surface area contributed by atoms with Crippen LogP contribution in [0, 0.1) is 10.1 Å². The predicted molar refractivity (Wildman–Crippen MR) is 77.2 cm³/mol. The minimum absolute atomic E-state index is 0.0757. The third kappa shape index (κ3) is 3.41. The van der Waals surface area contributed by atoms with E-state index >= 15 is 0 Å². The quantitative estimate of drug-likeness (QED) is 0.594. The normalized spacial score (nSPS) is 15.0. The monoisotopic (exact) mass is 295 g/mol. The Morgan fingerprint density at radius 3 is 2.62 bits per heavy atom. The first-order chi connectivity index (χ1) is 9.90. The van der Waals surface area contributed by atoms with Crippen molar-refractivity contribution in [3.05, 3.63) is 28.1 Å². The Morgan fingerprint density at radius 1 is 1.52 bits per heavy atom. The van der Waals surface area contributed by atoms with Gasteiger partial charge in [-0.2, -0.15) is 0 Å². The average Bonchev–Trinajstić information content (AvgIpc) is 3.22. The summed E-state index contributed by atoms with van der Waals surface area (Å²) in [5.41, 5.74) is -0.717. The van der Waals surface area contributed by atoms with Gasteiger partial charge < -0.3 is 15.0 Å². The highest BCUT2D eigenvalue weighted by atomic mass is 16.6. The number of hydrogen-bond acceptors (Lipinski definition) is 4. The molecule has 116 valence electrons. The smallest absolute Gasteiger partial charge is 0.287 e. The summed E-state index contributed by atoms with van der Waals surface area (Å²) in [7, 11) is 0. The predicted octanol–water partition coefficient (Wildman–Crippen LogP) is 2.01. The number of nitrogens with zero attached hydrogens (tertiary/aromatic N) is 2. The largest absolute Gasteiger partial charge is 0.388 e. The van der Waals surface area contributed by atoms with Crippen molar-refractivity contribution in [3.8, 4) is 0 Å². The minimum Gasteiger partial charge on any atom is -0.388 e. The molecule has 0 radical (unpaired) electrons. The Balaban J connectivity index is 2.13. The van der Waals surface area contributed by atoms with Crippen LogP contribution in [-0.2, 0) is 0 Å². The molecule has 0 saturated heterocycles. The van der Waals surface area contributed by atoms with Crippen LogP contribution in [-0.4, -0.2) is 32.6 Å². The number of rotatable bonds is 7. The van der Waals surface area contributed by atoms with Gasteiger partial charge in [-0.25, -0.2) is 0 Å². The molecule has 7 heteroatoms. The number of hydrogen-bond donors (Lipinski definition) is 2. The van der Waals surface area contributed by atoms with Crippen molar-refractivity contribution in [1.82, 2.24) is 9.88 Å². The third-order valence-electron chi connectivity index (χ3n) is 4.11. The Morgan fingerprint density at radius 2 is 2.14 bits per heavy atom. The molecule has 0 unspecified atom stereocenters. The first kappa shape index (κ1) is 15.5. The summed E-state index contributed by atoms with van der Waals surface area (Å²) in [4.78, 5) is 22.6. The summed E-state index contributed by atoms with van der Waals surface area (Å²) < 4.78 is 1.67. The summed E-state index contributed by atoms with van der Waals surface area (Å²) >= 11 is 0. The van der Waals surface area contributed by atoms with E-state index < -0.39 is 10.5 Å². The van der Waals surface area contributed by atoms with Crippen molar-refractivity contribution >= 4 is 11.6 Å². The van der Waals surface area contributed by atoms with Gasteiger partial charge in [0.25, 0.3) is 11.6 Å². The number of carbonyl (C=O) groups excluding carboxylic acids is 1. The molecule has 7 nitrogen and oxygen atoms in total. The molecule has 0 atom stereocenters. The Kier molecular flexibility index (Phi) is 4.32. The molecule has 1 heterocycles. The van der Waals surface area contributed by atoms with E-state index in [1.54, 1.807) is 4.57 Å². The zero-order chi connectivity index (χ0) is 15.6. The maximum absolute atomic E-state index is 12.2. The highest BCUT2D eigenvalue weighted by Gasteiger charge is 2.31. The van der Waals surface area contributed by atoms with Crippen molar-refractivity contribution in [2.75, 3.05) is 6.54 Å². The summed E-state index contributed by atoms with van der Waals surface area (Å²) in [6.45, 7) is 3.85. The summed E-state index contributed by atoms with van der Waals surface area (Å²) in [5, 5.41) is 23.7. The van der Waals surface area contributed by atoms with E-state index in [4.69, 9.17) is 0 Å². The zero-order valence-corrected chi connectivity index (χ0v) is 12.3. The van der Waals surface area contributed by atoms with E-state index in [0.29, 0.717) is 18.5 Å². The molecule has 0 aromatic carbocycles. The van der Waals surface area contributed by atoms with Crippen LogP contribution in [0.5, 0.6) is 0 Å². The van der Waals surface area contributed by atoms with E-state index in [1.165, 1.54) is 12.3 Å². The van der Waals surface area contributed by atoms with Gasteiger partial charge in [0.05, 0.1) is 16.7 Å². The van der Waals surface area contributed by atoms with Gasteiger partial charge in [0.15, 0.2) is 0 Å². The molecule has 2 N–H and O–H groups in total. The lowest BCUT2D eigenvalue weighted by molar-refractivity contribution is -0.384. The molecule has 1 aromatic rings. The van der Waals surface area contributed by atoms with Crippen molar-refractivity contribution in [2.24, 2.45) is 0 Å². The van der Waals surface area contributed by atoms with E-state index in [0.717, 1.165) is 12.8 Å². The van der Waals surface area contributed by atoms with E-state index in [2.05, 4.69) is 5.32 Å². The average molecular weight is 295 g/mol. The molecule has 1 aromatic heterocycles. The molecular weight excluding hydrogens is 274 g/mol. The highest BCUT2D eigenvalue weighted by Crippen LogP contribution is 2.37. The van der Waals surface area contributed by atoms with Crippen LogP contribution in [0.4, 0.5) is 5.69 Å². The molecule has 0 aliphatic heterocycles. The molecule has 1 saturated carbocycles. The van der Waals surface area contributed by atoms with Gasteiger partial charge in [-0.05, 0) is 25.7 Å². The fourth-order valence-corrected chi connectivity index (χ4v) is 2.24. The molecule has 0 bridgehead atoms. The number of nitrogens with one attached hydrogen (secondary N) is 1. The molecule has 0 spiro atoms. The fraction of sp³-hybridized carbons (Fsp3) is 0.643. The molecule has 1 aliphatic rings. The molecule has 2 rings (SSSR count). The number of carbonyl (C=O) groups is 1. The minimum atomic E-state index is -0.932. The second-order valence-electron chi connectivity index (χ2n) is 5.59. The number of nitro groups is 1. The molecule has 1 fully saturated rings. The maximum atomic E-state index is 12.2. The van der Waals surface area contributed by atoms with Crippen LogP contribution in [0.2, 0.25) is 0 Å². The number of amides is 1. The van der Waals surface area contributed by atoms with Crippen LogP contribution < -0.4 is 5.32 Å². The van der Waals surface area contributed by atoms with Crippen molar-refractivity contribution < 1.29 is 14.8 Å². The molecular formula is C14H21N3O4. The van der Waals surface area contributed by atoms with E-state index in [-0.39, 0.29) is 24.2 Å². The summed E-state index contributed by atoms with van der Waals surface area (Å²) in [6.07, 6.45) is 4.35. The Labute approximate surface area is 123 Å². The Bertz CT molecular complexity index is 544. The first-order valence-corrected chi connectivity index (χ1v) is 7.27. The van der Waals surface area contributed by atoms with Crippen LogP contribution >= 0.6 is 0 Å². The third-order valence-corrected chi connectivity index (χ3v) is 4.11. The Hall–Kier alpha value is -1.89. The van der Waals surface area contributed by atoms with Gasteiger partial charge >= 0.3 is 0 Å². The van der Waals surface area contributed by atoms with Crippen LogP contribution in [0.25, 0.3) is 0 Å². The second kappa shape index (κ2) is 5.85. The van der Waals surface area contributed by atoms with Crippen molar-refractivity contribution in [2.45, 2.75) is 51.2 Å². The van der Waals surface area contributed by atoms with Crippen LogP contribution in [0.3, 0.4) is 0 Å². The van der Waals surface area contributed by atoms with Crippen LogP contribution in [0.15, 0.2) is 12.3 Å². The number of aliphatic hydroxyl groups is 1. The van der Waals surface area contributed by atoms with Crippen molar-refractivity contribution in [3.63, 3.8) is 0 Å². The molecule has 21 heavy (non-hydrogen) atoms. The summed E-state index contributed by atoms with van der Waals surface area (Å²) in [5.74, 6) is -0.379. The lowest BCUT2D eigenvalue weighted by Gasteiger charge is -2.25. The lowest BCUT2D eigenvalue weighted by Crippen LogP contribution is -2.42. The van der Waals surface area contributed by atoms with Gasteiger partial charge in [-0.3, -0.25) is 14.9 Å². The SMILES string of the molecule is CCC(O)(CC)CNC(=O)c1cc([N+](=O)[O-])cn1C1CC1. The molecule has 1 aliphatic carbocycles. The van der Waals surface area contributed by atoms with Gasteiger partial charge in [0, 0.05) is 18.7 Å². The fourth-order valence-electron chi connectivity index (χ4n) is 2.24. The summed E-state index contributed by atoms with van der Waals surface area (Å²) in [6, 6.07) is 1.47. The highest BCUT2D eigenvalue weighted by molar-refractivity contribution is 5.93. The lowest BCUT2D eigenvalue weighted by atomic mass is 9.97. The standard InChI is InChI=1S/C14H21N3O4/c1-3-14(19,4-2)9-15-13(18)12-7-11(17(20)21)8-16(12)10-5-6-10/h7-8,10,19H,3-6,9H2,1-2H3,(H,15,18). The van der Waals surface area contributed by atoms with E-state index in [1.807, 2.05) is 13.8 Å². The van der Waals surface area contributed by atoms with Crippen LogP contribution in [0.1, 0.15) is 56.1 Å². The van der Waals surface area contributed by atoms with Gasteiger partial charge in [-0.1, -0.05) is 13.8 Å². The van der Waals surface area contributed by atoms with Gasteiger partial charge in [0.1, 0.15) is 5.69 Å². The van der Waals surface area contributed by atoms with Gasteiger partial charge in [-0.15, -0.1) is 0 Å². The van der Waals surface area contributed by atoms with E-state index in [9.17, 15) is 20.0 Å². The second-order valence-corrected chi connectivity index (χ2v) is 5.59. The van der Waals surface area contributed by atoms with Crippen molar-refractivity contribution in [1.29, 1.82) is 0 Å². The maximum Gasteiger partial charge on any atom is 0.287 e.